The van der Waals surface area contributed by atoms with Crippen molar-refractivity contribution in [1.29, 1.82) is 0 Å². The second-order valence-corrected chi connectivity index (χ2v) is 0.362. The fraction of sp³-hybridized carbons (Fsp3) is 0.333. The Morgan fingerprint density at radius 3 is 2.00 bits per heavy atom. The molecule has 0 aromatic carbocycles. The Morgan fingerprint density at radius 2 is 2.00 bits per heavy atom. The Hall–Kier alpha value is 0.442. The Kier molecular flexibility index (Phi) is 16.0. The smallest absolute Gasteiger partial charge is 0.103 e. The van der Waals surface area contributed by atoms with Crippen LogP contribution in [0.1, 0.15) is 0 Å². The molecule has 0 heterocycles. The van der Waals surface area contributed by atoms with Crippen molar-refractivity contribution in [2.24, 2.45) is 0 Å². The van der Waals surface area contributed by atoms with Crippen LogP contribution in [-0.4, -0.2) is 39.0 Å². The third kappa shape index (κ3) is 12.7. The van der Waals surface area contributed by atoms with Gasteiger partial charge in [0, 0.05) is 27.3 Å². The summed E-state index contributed by atoms with van der Waals surface area (Å²) in [5, 5.41) is 7.64. The van der Waals surface area contributed by atoms with E-state index in [0.29, 0.717) is 0 Å². The van der Waals surface area contributed by atoms with Crippen LogP contribution in [0.4, 0.5) is 0 Å². The standard InChI is InChI=1S/C3H4O.Tl/c1-2-3-4;/h1,4H,3H2;. The van der Waals surface area contributed by atoms with Crippen LogP contribution >= 0.6 is 0 Å². The second kappa shape index (κ2) is 8.82. The third-order valence-corrected chi connectivity index (χ3v) is 0.0913. The summed E-state index contributed by atoms with van der Waals surface area (Å²) in [6.07, 6.45) is 4.53. The van der Waals surface area contributed by atoms with Crippen molar-refractivity contribution in [1.82, 2.24) is 0 Å². The van der Waals surface area contributed by atoms with Gasteiger partial charge in [-0.25, -0.2) is 0 Å². The van der Waals surface area contributed by atoms with Crippen LogP contribution in [0.2, 0.25) is 0 Å². The quantitative estimate of drug-likeness (QED) is 0.448. The molecule has 0 amide bonds. The first-order valence-electron chi connectivity index (χ1n) is 0.958. The Morgan fingerprint density at radius 1 is 1.80 bits per heavy atom. The molecule has 0 aliphatic heterocycles. The van der Waals surface area contributed by atoms with E-state index in [-0.39, 0.29) is 33.9 Å². The van der Waals surface area contributed by atoms with Gasteiger partial charge in [0.15, 0.2) is 0 Å². The molecule has 2 heteroatoms. The Balaban J connectivity index is 0. The van der Waals surface area contributed by atoms with Gasteiger partial charge in [-0.15, -0.1) is 6.42 Å². The number of hydrogen-bond donors (Lipinski definition) is 1. The van der Waals surface area contributed by atoms with Crippen LogP contribution in [0.5, 0.6) is 0 Å². The van der Waals surface area contributed by atoms with E-state index in [1.807, 2.05) is 5.92 Å². The molecule has 1 N–H and O–H groups in total. The first-order valence-corrected chi connectivity index (χ1v) is 0.958. The molecule has 0 bridgehead atoms. The predicted octanol–water partition coefficient (Wildman–Crippen LogP) is -0.769. The molecule has 0 aliphatic carbocycles. The van der Waals surface area contributed by atoms with Gasteiger partial charge in [0.2, 0.25) is 0 Å². The zero-order chi connectivity index (χ0) is 3.41. The minimum Gasteiger partial charge on any atom is -0.384 e. The van der Waals surface area contributed by atoms with Gasteiger partial charge in [0.1, 0.15) is 6.61 Å². The van der Waals surface area contributed by atoms with E-state index in [9.17, 15) is 0 Å². The molecule has 0 unspecified atom stereocenters. The van der Waals surface area contributed by atoms with E-state index in [1.54, 1.807) is 0 Å². The Labute approximate surface area is 51.5 Å². The van der Waals surface area contributed by atoms with Crippen molar-refractivity contribution in [3.8, 4) is 12.3 Å². The number of aliphatic hydroxyl groups is 1. The summed E-state index contributed by atoms with van der Waals surface area (Å²) < 4.78 is 0. The van der Waals surface area contributed by atoms with Crippen LogP contribution in [0.25, 0.3) is 0 Å². The topological polar surface area (TPSA) is 20.2 Å². The zero-order valence-corrected chi connectivity index (χ0v) is 7.30. The largest absolute Gasteiger partial charge is 0.384 e. The minimum absolute atomic E-state index is 0. The molecule has 0 saturated heterocycles. The first-order chi connectivity index (χ1) is 1.91. The predicted molar refractivity (Wildman–Crippen MR) is 21.7 cm³/mol. The van der Waals surface area contributed by atoms with Crippen LogP contribution in [-0.2, 0) is 0 Å². The molecule has 1 nitrogen and oxygen atoms in total. The van der Waals surface area contributed by atoms with Gasteiger partial charge in [0.25, 0.3) is 0 Å². The van der Waals surface area contributed by atoms with E-state index in [0.717, 1.165) is 0 Å². The fourth-order valence-electron chi connectivity index (χ4n) is 0. The summed E-state index contributed by atoms with van der Waals surface area (Å²) in [5.41, 5.74) is 0. The van der Waals surface area contributed by atoms with Crippen LogP contribution in [0, 0.1) is 12.3 Å². The van der Waals surface area contributed by atoms with Crippen molar-refractivity contribution in [3.63, 3.8) is 0 Å². The van der Waals surface area contributed by atoms with E-state index >= 15 is 0 Å². The summed E-state index contributed by atoms with van der Waals surface area (Å²) in [4.78, 5) is 0. The monoisotopic (exact) mass is 261 g/mol. The van der Waals surface area contributed by atoms with Gasteiger partial charge in [-0.2, -0.15) is 0 Å². The molecule has 25 valence electrons. The van der Waals surface area contributed by atoms with Gasteiger partial charge in [0.05, 0.1) is 0 Å². The maximum Gasteiger partial charge on any atom is 0.103 e. The molecule has 0 fully saturated rings. The fourth-order valence-corrected chi connectivity index (χ4v) is 0. The maximum atomic E-state index is 7.64. The van der Waals surface area contributed by atoms with Crippen molar-refractivity contribution in [2.75, 3.05) is 6.61 Å². The first kappa shape index (κ1) is 9.06. The molecule has 0 aromatic rings. The van der Waals surface area contributed by atoms with Gasteiger partial charge in [-0.1, -0.05) is 5.92 Å². The van der Waals surface area contributed by atoms with Crippen LogP contribution < -0.4 is 0 Å². The van der Waals surface area contributed by atoms with E-state index in [1.165, 1.54) is 0 Å². The molecule has 0 aromatic heterocycles. The second-order valence-electron chi connectivity index (χ2n) is 0.362. The summed E-state index contributed by atoms with van der Waals surface area (Å²) in [5.74, 6) is 1.99. The molecule has 5 heavy (non-hydrogen) atoms. The summed E-state index contributed by atoms with van der Waals surface area (Å²) in [6.45, 7) is -0.153. The number of aliphatic hydroxyl groups excluding tert-OH is 1. The average molecular weight is 260 g/mol. The number of hydrogen-bond acceptors (Lipinski definition) is 1. The van der Waals surface area contributed by atoms with E-state index in [4.69, 9.17) is 5.11 Å². The normalized spacial score (nSPS) is 4.00. The van der Waals surface area contributed by atoms with Crippen molar-refractivity contribution in [3.05, 3.63) is 0 Å². The number of rotatable bonds is 0. The molecular formula is C3H4OTl. The van der Waals surface area contributed by atoms with Gasteiger partial charge < -0.3 is 5.11 Å². The zero-order valence-electron chi connectivity index (χ0n) is 2.81. The van der Waals surface area contributed by atoms with Crippen LogP contribution in [0.3, 0.4) is 0 Å². The van der Waals surface area contributed by atoms with Crippen LogP contribution in [0.15, 0.2) is 0 Å². The van der Waals surface area contributed by atoms with Gasteiger partial charge >= 0.3 is 0 Å². The average Bonchev–Trinajstić information content (AvgIpc) is 1.37. The third-order valence-electron chi connectivity index (χ3n) is 0.0913. The summed E-state index contributed by atoms with van der Waals surface area (Å²) in [6, 6.07) is 0. The maximum absolute atomic E-state index is 7.64. The molecule has 1 radical (unpaired) electrons. The van der Waals surface area contributed by atoms with Crippen molar-refractivity contribution in [2.45, 2.75) is 0 Å². The molecular weight excluding hydrogens is 256 g/mol. The van der Waals surface area contributed by atoms with E-state index < -0.39 is 0 Å². The summed E-state index contributed by atoms with van der Waals surface area (Å²) >= 11 is 0. The minimum atomic E-state index is -0.153. The number of terminal acetylenes is 1. The summed E-state index contributed by atoms with van der Waals surface area (Å²) in [7, 11) is 0. The van der Waals surface area contributed by atoms with Gasteiger partial charge in [-0.3, -0.25) is 0 Å². The van der Waals surface area contributed by atoms with Crippen molar-refractivity contribution < 1.29 is 5.11 Å². The molecule has 0 spiro atoms. The van der Waals surface area contributed by atoms with Gasteiger partial charge in [-0.05, 0) is 0 Å². The SMILES string of the molecule is C#CCO.[Tl]. The molecule has 0 saturated carbocycles. The van der Waals surface area contributed by atoms with E-state index in [2.05, 4.69) is 6.42 Å². The van der Waals surface area contributed by atoms with Crippen molar-refractivity contribution >= 4 is 27.3 Å². The molecule has 0 rings (SSSR count). The molecule has 0 aliphatic rings. The Bertz CT molecular complexity index is 36.6. The molecule has 0 atom stereocenters.